The van der Waals surface area contributed by atoms with Gasteiger partial charge in [-0.1, -0.05) is 66.3 Å². The van der Waals surface area contributed by atoms with Crippen LogP contribution in [0.15, 0.2) is 54.6 Å². The number of benzene rings is 2. The fourth-order valence-electron chi connectivity index (χ4n) is 1.99. The zero-order valence-corrected chi connectivity index (χ0v) is 12.4. The molecule has 0 bridgehead atoms. The number of aryl methyl sites for hydroxylation is 1. The molecule has 0 atom stereocenters. The predicted octanol–water partition coefficient (Wildman–Crippen LogP) is 3.56. The highest BCUT2D eigenvalue weighted by Gasteiger charge is 2.22. The van der Waals surface area contributed by atoms with Gasteiger partial charge in [-0.15, -0.1) is 0 Å². The smallest absolute Gasteiger partial charge is 0.101 e. The minimum Gasteiger partial charge on any atom is -0.388 e. The summed E-state index contributed by atoms with van der Waals surface area (Å²) in [7, 11) is -1.39. The van der Waals surface area contributed by atoms with Gasteiger partial charge in [-0.25, -0.2) is 0 Å². The Hall–Kier alpha value is -1.54. The van der Waals surface area contributed by atoms with Crippen LogP contribution in [0.5, 0.6) is 0 Å². The third-order valence-electron chi connectivity index (χ3n) is 3.34. The Morgan fingerprint density at radius 3 is 2.11 bits per heavy atom. The van der Waals surface area contributed by atoms with Gasteiger partial charge in [0, 0.05) is 11.9 Å². The van der Waals surface area contributed by atoms with Gasteiger partial charge in [0.1, 0.15) is 8.07 Å². The van der Waals surface area contributed by atoms with E-state index in [1.165, 1.54) is 16.4 Å². The van der Waals surface area contributed by atoms with Crippen LogP contribution in [0.2, 0.25) is 13.1 Å². The molecule has 0 unspecified atom stereocenters. The molecule has 1 nitrogen and oxygen atoms in total. The third kappa shape index (κ3) is 3.23. The van der Waals surface area contributed by atoms with Crippen LogP contribution in [-0.2, 0) is 0 Å². The van der Waals surface area contributed by atoms with Gasteiger partial charge < -0.3 is 5.32 Å². The quantitative estimate of drug-likeness (QED) is 0.824. The van der Waals surface area contributed by atoms with E-state index in [-0.39, 0.29) is 0 Å². The van der Waals surface area contributed by atoms with E-state index in [4.69, 9.17) is 0 Å². The van der Waals surface area contributed by atoms with E-state index in [1.54, 1.807) is 0 Å². The molecule has 94 valence electrons. The highest BCUT2D eigenvalue weighted by molar-refractivity contribution is 6.90. The largest absolute Gasteiger partial charge is 0.388 e. The average Bonchev–Trinajstić information content (AvgIpc) is 2.39. The molecule has 0 spiro atoms. The standard InChI is InChI=1S/C16H21NSi/c1-14-9-11-15(12-10-14)17-13-18(2,3)16-7-5-4-6-8-16/h4-12,17H,13H2,1-3H3. The number of rotatable bonds is 4. The summed E-state index contributed by atoms with van der Waals surface area (Å²) in [6, 6.07) is 19.5. The first kappa shape index (κ1) is 12.9. The van der Waals surface area contributed by atoms with Crippen molar-refractivity contribution < 1.29 is 0 Å². The molecule has 2 rings (SSSR count). The van der Waals surface area contributed by atoms with E-state index in [0.29, 0.717) is 0 Å². The van der Waals surface area contributed by atoms with Crippen LogP contribution in [0.1, 0.15) is 5.56 Å². The minimum absolute atomic E-state index is 1.07. The summed E-state index contributed by atoms with van der Waals surface area (Å²) in [5.41, 5.74) is 2.53. The SMILES string of the molecule is Cc1ccc(NC[Si](C)(C)c2ccccc2)cc1. The van der Waals surface area contributed by atoms with E-state index in [9.17, 15) is 0 Å². The Morgan fingerprint density at radius 1 is 0.889 bits per heavy atom. The summed E-state index contributed by atoms with van der Waals surface area (Å²) in [6.45, 7) is 6.93. The first-order valence-corrected chi connectivity index (χ1v) is 9.65. The summed E-state index contributed by atoms with van der Waals surface area (Å²) in [4.78, 5) is 0. The fourth-order valence-corrected chi connectivity index (χ4v) is 3.93. The molecule has 2 aromatic carbocycles. The molecule has 0 aliphatic rings. The van der Waals surface area contributed by atoms with Gasteiger partial charge >= 0.3 is 0 Å². The van der Waals surface area contributed by atoms with Crippen LogP contribution in [0.4, 0.5) is 5.69 Å². The molecule has 0 aliphatic carbocycles. The monoisotopic (exact) mass is 255 g/mol. The summed E-state index contributed by atoms with van der Waals surface area (Å²) >= 11 is 0. The molecule has 0 aliphatic heterocycles. The molecule has 1 N–H and O–H groups in total. The summed E-state index contributed by atoms with van der Waals surface area (Å²) < 4.78 is 0. The van der Waals surface area contributed by atoms with Gasteiger partial charge in [-0.05, 0) is 19.1 Å². The first-order chi connectivity index (χ1) is 8.58. The lowest BCUT2D eigenvalue weighted by atomic mass is 10.2. The Balaban J connectivity index is 2.03. The number of hydrogen-bond acceptors (Lipinski definition) is 1. The van der Waals surface area contributed by atoms with E-state index in [1.807, 2.05) is 0 Å². The average molecular weight is 255 g/mol. The highest BCUT2D eigenvalue weighted by atomic mass is 28.3. The lowest BCUT2D eigenvalue weighted by Crippen LogP contribution is -2.48. The van der Waals surface area contributed by atoms with Gasteiger partial charge in [0.15, 0.2) is 0 Å². The van der Waals surface area contributed by atoms with Gasteiger partial charge in [0.2, 0.25) is 0 Å². The maximum Gasteiger partial charge on any atom is 0.101 e. The van der Waals surface area contributed by atoms with E-state index < -0.39 is 8.07 Å². The molecular formula is C16H21NSi. The van der Waals surface area contributed by atoms with Crippen LogP contribution in [0, 0.1) is 6.92 Å². The third-order valence-corrected chi connectivity index (χ3v) is 6.30. The molecular weight excluding hydrogens is 234 g/mol. The molecule has 0 amide bonds. The van der Waals surface area contributed by atoms with Gasteiger partial charge in [0.05, 0.1) is 0 Å². The van der Waals surface area contributed by atoms with Crippen molar-refractivity contribution in [1.82, 2.24) is 0 Å². The second-order valence-corrected chi connectivity index (χ2v) is 10.2. The lowest BCUT2D eigenvalue weighted by Gasteiger charge is -2.24. The van der Waals surface area contributed by atoms with Crippen LogP contribution in [-0.4, -0.2) is 14.2 Å². The van der Waals surface area contributed by atoms with Gasteiger partial charge in [-0.2, -0.15) is 0 Å². The summed E-state index contributed by atoms with van der Waals surface area (Å²) in [5.74, 6) is 0. The van der Waals surface area contributed by atoms with Crippen molar-refractivity contribution in [3.8, 4) is 0 Å². The van der Waals surface area contributed by atoms with Gasteiger partial charge in [-0.3, -0.25) is 0 Å². The van der Waals surface area contributed by atoms with Crippen LogP contribution >= 0.6 is 0 Å². The molecule has 2 aromatic rings. The van der Waals surface area contributed by atoms with E-state index in [2.05, 4.69) is 79.9 Å². The number of anilines is 1. The Morgan fingerprint density at radius 2 is 1.50 bits per heavy atom. The van der Waals surface area contributed by atoms with Crippen molar-refractivity contribution in [2.75, 3.05) is 11.5 Å². The van der Waals surface area contributed by atoms with Crippen LogP contribution in [0.3, 0.4) is 0 Å². The fraction of sp³-hybridized carbons (Fsp3) is 0.250. The van der Waals surface area contributed by atoms with Crippen LogP contribution < -0.4 is 10.5 Å². The number of nitrogens with one attached hydrogen (secondary N) is 1. The molecule has 2 heteroatoms. The molecule has 0 fully saturated rings. The van der Waals surface area contributed by atoms with Crippen molar-refractivity contribution in [2.24, 2.45) is 0 Å². The molecule has 18 heavy (non-hydrogen) atoms. The highest BCUT2D eigenvalue weighted by Crippen LogP contribution is 2.11. The van der Waals surface area contributed by atoms with Crippen LogP contribution in [0.25, 0.3) is 0 Å². The van der Waals surface area contributed by atoms with E-state index in [0.717, 1.165) is 6.17 Å². The molecule has 0 aromatic heterocycles. The second kappa shape index (κ2) is 5.40. The maximum absolute atomic E-state index is 3.57. The minimum atomic E-state index is -1.39. The molecule has 0 heterocycles. The van der Waals surface area contributed by atoms with Gasteiger partial charge in [0.25, 0.3) is 0 Å². The second-order valence-electron chi connectivity index (χ2n) is 5.47. The Kier molecular flexibility index (Phi) is 3.87. The van der Waals surface area contributed by atoms with Crippen molar-refractivity contribution in [3.05, 3.63) is 60.2 Å². The Labute approximate surface area is 111 Å². The summed E-state index contributed by atoms with van der Waals surface area (Å²) in [6.07, 6.45) is 1.07. The zero-order chi connectivity index (χ0) is 13.0. The topological polar surface area (TPSA) is 12.0 Å². The predicted molar refractivity (Wildman–Crippen MR) is 83.2 cm³/mol. The normalized spacial score (nSPS) is 11.3. The first-order valence-electron chi connectivity index (χ1n) is 6.44. The Bertz CT molecular complexity index is 488. The van der Waals surface area contributed by atoms with Crippen molar-refractivity contribution >= 4 is 18.9 Å². The molecule has 0 saturated heterocycles. The molecule has 0 radical (unpaired) electrons. The molecule has 0 saturated carbocycles. The lowest BCUT2D eigenvalue weighted by molar-refractivity contribution is 1.36. The summed E-state index contributed by atoms with van der Waals surface area (Å²) in [5, 5.41) is 5.08. The zero-order valence-electron chi connectivity index (χ0n) is 11.4. The number of hydrogen-bond donors (Lipinski definition) is 1. The van der Waals surface area contributed by atoms with Crippen molar-refractivity contribution in [2.45, 2.75) is 20.0 Å². The van der Waals surface area contributed by atoms with E-state index >= 15 is 0 Å². The maximum atomic E-state index is 3.57. The van der Waals surface area contributed by atoms with Crippen molar-refractivity contribution in [3.63, 3.8) is 0 Å². The van der Waals surface area contributed by atoms with Crippen molar-refractivity contribution in [1.29, 1.82) is 0 Å².